The van der Waals surface area contributed by atoms with Crippen LogP contribution in [-0.4, -0.2) is 12.5 Å². The van der Waals surface area contributed by atoms with Crippen molar-refractivity contribution in [1.82, 2.24) is 5.32 Å². The Hall–Kier alpha value is 0.250. The Kier molecular flexibility index (Phi) is 2.64. The third-order valence-corrected chi connectivity index (χ3v) is 1.94. The molecule has 1 rings (SSSR count). The number of alkyl halides is 1. The van der Waals surface area contributed by atoms with Crippen molar-refractivity contribution in [3.05, 3.63) is 0 Å². The van der Waals surface area contributed by atoms with Crippen LogP contribution in [0, 0.1) is 5.92 Å². The summed E-state index contributed by atoms with van der Waals surface area (Å²) >= 11 is 5.42. The summed E-state index contributed by atoms with van der Waals surface area (Å²) in [7, 11) is 0. The second-order valence-electron chi connectivity index (χ2n) is 2.38. The SMILES string of the molecule is ClCNCC1CCC1. The van der Waals surface area contributed by atoms with E-state index < -0.39 is 0 Å². The van der Waals surface area contributed by atoms with Gasteiger partial charge in [-0.3, -0.25) is 0 Å². The standard InChI is InChI=1S/C6H12ClN/c7-5-8-4-6-2-1-3-6/h6,8H,1-5H2. The molecular formula is C6H12ClN. The van der Waals surface area contributed by atoms with Crippen LogP contribution in [0.1, 0.15) is 19.3 Å². The molecular weight excluding hydrogens is 122 g/mol. The maximum Gasteiger partial charge on any atom is 0.0713 e. The molecule has 0 aliphatic heterocycles. The van der Waals surface area contributed by atoms with Crippen molar-refractivity contribution in [2.75, 3.05) is 12.5 Å². The van der Waals surface area contributed by atoms with E-state index in [4.69, 9.17) is 11.6 Å². The molecule has 0 spiro atoms. The molecule has 1 nitrogen and oxygen atoms in total. The molecule has 0 bridgehead atoms. The molecule has 1 aliphatic carbocycles. The molecule has 1 saturated carbocycles. The van der Waals surface area contributed by atoms with Gasteiger partial charge in [-0.2, -0.15) is 0 Å². The van der Waals surface area contributed by atoms with Crippen LogP contribution in [0.15, 0.2) is 0 Å². The predicted octanol–water partition coefficient (Wildman–Crippen LogP) is 1.57. The Balaban J connectivity index is 1.86. The van der Waals surface area contributed by atoms with Gasteiger partial charge in [0, 0.05) is 0 Å². The highest BCUT2D eigenvalue weighted by Gasteiger charge is 2.15. The number of nitrogens with one attached hydrogen (secondary N) is 1. The Morgan fingerprint density at radius 2 is 2.25 bits per heavy atom. The topological polar surface area (TPSA) is 12.0 Å². The first-order chi connectivity index (χ1) is 3.93. The second kappa shape index (κ2) is 3.31. The van der Waals surface area contributed by atoms with Gasteiger partial charge in [0.05, 0.1) is 6.00 Å². The van der Waals surface area contributed by atoms with Crippen LogP contribution in [0.2, 0.25) is 0 Å². The largest absolute Gasteiger partial charge is 0.304 e. The molecule has 48 valence electrons. The monoisotopic (exact) mass is 133 g/mol. The summed E-state index contributed by atoms with van der Waals surface area (Å²) in [6.07, 6.45) is 4.24. The summed E-state index contributed by atoms with van der Waals surface area (Å²) in [5, 5.41) is 3.12. The van der Waals surface area contributed by atoms with Crippen molar-refractivity contribution in [3.8, 4) is 0 Å². The summed E-state index contributed by atoms with van der Waals surface area (Å²) in [5.74, 6) is 0.939. The van der Waals surface area contributed by atoms with Gasteiger partial charge in [0.15, 0.2) is 0 Å². The molecule has 1 aliphatic rings. The van der Waals surface area contributed by atoms with E-state index in [9.17, 15) is 0 Å². The van der Waals surface area contributed by atoms with Crippen molar-refractivity contribution in [2.45, 2.75) is 19.3 Å². The summed E-state index contributed by atoms with van der Waals surface area (Å²) in [6, 6.07) is 0.608. The fraction of sp³-hybridized carbons (Fsp3) is 1.00. The van der Waals surface area contributed by atoms with Crippen LogP contribution in [0.25, 0.3) is 0 Å². The van der Waals surface area contributed by atoms with Gasteiger partial charge in [-0.05, 0) is 25.3 Å². The van der Waals surface area contributed by atoms with Crippen LogP contribution < -0.4 is 5.32 Å². The molecule has 0 radical (unpaired) electrons. The van der Waals surface area contributed by atoms with E-state index in [1.54, 1.807) is 0 Å². The summed E-state index contributed by atoms with van der Waals surface area (Å²) in [4.78, 5) is 0. The zero-order valence-electron chi connectivity index (χ0n) is 4.99. The van der Waals surface area contributed by atoms with Crippen molar-refractivity contribution in [1.29, 1.82) is 0 Å². The molecule has 0 aromatic carbocycles. The maximum atomic E-state index is 5.42. The lowest BCUT2D eigenvalue weighted by molar-refractivity contribution is 0.307. The lowest BCUT2D eigenvalue weighted by Crippen LogP contribution is -2.26. The highest BCUT2D eigenvalue weighted by Crippen LogP contribution is 2.24. The fourth-order valence-electron chi connectivity index (χ4n) is 0.956. The lowest BCUT2D eigenvalue weighted by atomic mass is 9.86. The van der Waals surface area contributed by atoms with Gasteiger partial charge in [-0.1, -0.05) is 6.42 Å². The number of rotatable bonds is 3. The van der Waals surface area contributed by atoms with Crippen molar-refractivity contribution in [2.24, 2.45) is 5.92 Å². The smallest absolute Gasteiger partial charge is 0.0713 e. The van der Waals surface area contributed by atoms with Gasteiger partial charge < -0.3 is 5.32 Å². The minimum absolute atomic E-state index is 0.608. The van der Waals surface area contributed by atoms with Crippen molar-refractivity contribution >= 4 is 11.6 Å². The normalized spacial score (nSPS) is 20.6. The van der Waals surface area contributed by atoms with Crippen LogP contribution >= 0.6 is 11.6 Å². The van der Waals surface area contributed by atoms with Crippen molar-refractivity contribution < 1.29 is 0 Å². The first-order valence-corrected chi connectivity index (χ1v) is 3.73. The van der Waals surface area contributed by atoms with Crippen LogP contribution in [0.4, 0.5) is 0 Å². The van der Waals surface area contributed by atoms with E-state index in [1.165, 1.54) is 19.3 Å². The van der Waals surface area contributed by atoms with E-state index in [-0.39, 0.29) is 0 Å². The zero-order valence-corrected chi connectivity index (χ0v) is 5.75. The average molecular weight is 134 g/mol. The van der Waals surface area contributed by atoms with Gasteiger partial charge in [0.25, 0.3) is 0 Å². The Morgan fingerprint density at radius 1 is 1.50 bits per heavy atom. The predicted molar refractivity (Wildman–Crippen MR) is 36.1 cm³/mol. The molecule has 2 heteroatoms. The number of hydrogen-bond acceptors (Lipinski definition) is 1. The Morgan fingerprint density at radius 3 is 2.62 bits per heavy atom. The third-order valence-electron chi connectivity index (χ3n) is 1.75. The van der Waals surface area contributed by atoms with Crippen LogP contribution in [0.5, 0.6) is 0 Å². The van der Waals surface area contributed by atoms with E-state index in [0.29, 0.717) is 6.00 Å². The molecule has 0 atom stereocenters. The molecule has 0 saturated heterocycles. The average Bonchev–Trinajstić information content (AvgIpc) is 1.63. The molecule has 8 heavy (non-hydrogen) atoms. The minimum atomic E-state index is 0.608. The van der Waals surface area contributed by atoms with Crippen molar-refractivity contribution in [3.63, 3.8) is 0 Å². The number of halogens is 1. The maximum absolute atomic E-state index is 5.42. The zero-order chi connectivity index (χ0) is 5.82. The van der Waals surface area contributed by atoms with Gasteiger partial charge in [0.1, 0.15) is 0 Å². The van der Waals surface area contributed by atoms with E-state index in [1.807, 2.05) is 0 Å². The van der Waals surface area contributed by atoms with Gasteiger partial charge in [-0.15, -0.1) is 11.6 Å². The molecule has 0 amide bonds. The highest BCUT2D eigenvalue weighted by molar-refractivity contribution is 6.17. The first-order valence-electron chi connectivity index (χ1n) is 3.20. The third kappa shape index (κ3) is 1.64. The molecule has 0 heterocycles. The molecule has 0 aromatic rings. The fourth-order valence-corrected chi connectivity index (χ4v) is 1.06. The summed E-state index contributed by atoms with van der Waals surface area (Å²) in [5.41, 5.74) is 0. The molecule has 1 N–H and O–H groups in total. The molecule has 0 unspecified atom stereocenters. The van der Waals surface area contributed by atoms with Gasteiger partial charge >= 0.3 is 0 Å². The van der Waals surface area contributed by atoms with E-state index >= 15 is 0 Å². The lowest BCUT2D eigenvalue weighted by Gasteiger charge is -2.24. The highest BCUT2D eigenvalue weighted by atomic mass is 35.5. The van der Waals surface area contributed by atoms with Gasteiger partial charge in [0.2, 0.25) is 0 Å². The number of hydrogen-bond donors (Lipinski definition) is 1. The van der Waals surface area contributed by atoms with Crippen LogP contribution in [0.3, 0.4) is 0 Å². The van der Waals surface area contributed by atoms with E-state index in [2.05, 4.69) is 5.32 Å². The Labute approximate surface area is 55.4 Å². The van der Waals surface area contributed by atoms with Gasteiger partial charge in [-0.25, -0.2) is 0 Å². The second-order valence-corrected chi connectivity index (χ2v) is 2.65. The Bertz CT molecular complexity index is 61.5. The minimum Gasteiger partial charge on any atom is -0.304 e. The van der Waals surface area contributed by atoms with E-state index in [0.717, 1.165) is 12.5 Å². The summed E-state index contributed by atoms with van der Waals surface area (Å²) in [6.45, 7) is 1.13. The molecule has 1 fully saturated rings. The summed E-state index contributed by atoms with van der Waals surface area (Å²) < 4.78 is 0. The van der Waals surface area contributed by atoms with Crippen LogP contribution in [-0.2, 0) is 0 Å². The molecule has 0 aromatic heterocycles. The first kappa shape index (κ1) is 6.37. The quantitative estimate of drug-likeness (QED) is 0.455.